The van der Waals surface area contributed by atoms with Crippen LogP contribution in [0.15, 0.2) is 48.8 Å². The van der Waals surface area contributed by atoms with Crippen molar-refractivity contribution in [3.63, 3.8) is 0 Å². The van der Waals surface area contributed by atoms with Crippen molar-refractivity contribution in [2.45, 2.75) is 51.2 Å². The Bertz CT molecular complexity index is 1510. The van der Waals surface area contributed by atoms with Crippen LogP contribution in [0.3, 0.4) is 0 Å². The van der Waals surface area contributed by atoms with E-state index < -0.39 is 0 Å². The zero-order chi connectivity index (χ0) is 27.7. The number of benzene rings is 2. The second kappa shape index (κ2) is 11.0. The molecule has 8 nitrogen and oxygen atoms in total. The van der Waals surface area contributed by atoms with Gasteiger partial charge in [0, 0.05) is 48.0 Å². The molecule has 1 aliphatic rings. The van der Waals surface area contributed by atoms with Crippen molar-refractivity contribution in [1.29, 1.82) is 5.26 Å². The van der Waals surface area contributed by atoms with Gasteiger partial charge in [-0.25, -0.2) is 4.68 Å². The van der Waals surface area contributed by atoms with Gasteiger partial charge >= 0.3 is 0 Å². The maximum absolute atomic E-state index is 9.57. The number of nitrogens with zero attached hydrogens (tertiary/aromatic N) is 6. The Balaban J connectivity index is 1.49. The van der Waals surface area contributed by atoms with Crippen LogP contribution >= 0.6 is 23.2 Å². The van der Waals surface area contributed by atoms with Crippen LogP contribution in [0.2, 0.25) is 10.0 Å². The summed E-state index contributed by atoms with van der Waals surface area (Å²) in [5, 5.41) is 27.4. The van der Waals surface area contributed by atoms with E-state index in [0.29, 0.717) is 32.9 Å². The Morgan fingerprint density at radius 1 is 1.10 bits per heavy atom. The molecule has 10 heteroatoms. The van der Waals surface area contributed by atoms with Crippen LogP contribution in [0, 0.1) is 11.3 Å². The minimum absolute atomic E-state index is 0.167. The number of fused-ring (bicyclic) bond motifs is 1. The molecular weight excluding hydrogens is 531 g/mol. The number of halogens is 2. The van der Waals surface area contributed by atoms with E-state index in [0.717, 1.165) is 48.3 Å². The van der Waals surface area contributed by atoms with Gasteiger partial charge in [0.2, 0.25) is 0 Å². The molecule has 0 radical (unpaired) electrons. The summed E-state index contributed by atoms with van der Waals surface area (Å²) in [5.74, 6) is 0. The van der Waals surface area contributed by atoms with Crippen LogP contribution in [0.5, 0.6) is 0 Å². The standard InChI is InChI=1S/C29H32Cl2N8/c1-29(2,3)38-11-9-22(10-12-38)39-17-25(36-37-39)27(18-5-7-20(30)8-6-18)35-21-13-23-26(33-4)19(15-32)16-34-28(23)24(31)14-21/h5-8,13-14,16-17,22,27,35H,9-12H2,1-4H3,(H,33,34)/t27-/m0/s1. The highest BCUT2D eigenvalue weighted by Gasteiger charge is 2.29. The molecule has 0 unspecified atom stereocenters. The van der Waals surface area contributed by atoms with E-state index in [-0.39, 0.29) is 11.6 Å². The second-order valence-electron chi connectivity index (χ2n) is 10.9. The molecule has 0 amide bonds. The normalized spacial score (nSPS) is 15.7. The van der Waals surface area contributed by atoms with Crippen LogP contribution in [-0.4, -0.2) is 50.6 Å². The molecule has 3 heterocycles. The molecule has 0 bridgehead atoms. The van der Waals surface area contributed by atoms with Gasteiger partial charge < -0.3 is 10.6 Å². The highest BCUT2D eigenvalue weighted by atomic mass is 35.5. The average Bonchev–Trinajstić information content (AvgIpc) is 3.41. The summed E-state index contributed by atoms with van der Waals surface area (Å²) in [6, 6.07) is 13.7. The third-order valence-electron chi connectivity index (χ3n) is 7.42. The van der Waals surface area contributed by atoms with Gasteiger partial charge in [-0.3, -0.25) is 9.88 Å². The van der Waals surface area contributed by atoms with E-state index in [9.17, 15) is 5.26 Å². The molecule has 39 heavy (non-hydrogen) atoms. The molecule has 2 aromatic carbocycles. The Kier molecular flexibility index (Phi) is 7.68. The lowest BCUT2D eigenvalue weighted by atomic mass is 9.98. The lowest BCUT2D eigenvalue weighted by molar-refractivity contribution is 0.0866. The smallest absolute Gasteiger partial charge is 0.109 e. The van der Waals surface area contributed by atoms with E-state index >= 15 is 0 Å². The van der Waals surface area contributed by atoms with E-state index in [2.05, 4.69) is 57.7 Å². The number of rotatable bonds is 6. The minimum Gasteiger partial charge on any atom is -0.386 e. The second-order valence-corrected chi connectivity index (χ2v) is 11.7. The minimum atomic E-state index is -0.302. The number of hydrogen-bond donors (Lipinski definition) is 2. The molecule has 2 aromatic heterocycles. The number of anilines is 2. The third-order valence-corrected chi connectivity index (χ3v) is 7.96. The first-order chi connectivity index (χ1) is 18.7. The Hall–Kier alpha value is -3.38. The van der Waals surface area contributed by atoms with Gasteiger partial charge in [0.1, 0.15) is 11.8 Å². The van der Waals surface area contributed by atoms with Gasteiger partial charge in [-0.2, -0.15) is 5.26 Å². The van der Waals surface area contributed by atoms with Crippen LogP contribution < -0.4 is 10.6 Å². The fourth-order valence-corrected chi connectivity index (χ4v) is 5.64. The monoisotopic (exact) mass is 562 g/mol. The van der Waals surface area contributed by atoms with Crippen LogP contribution in [0.4, 0.5) is 11.4 Å². The van der Waals surface area contributed by atoms with Crippen molar-refractivity contribution in [1.82, 2.24) is 24.9 Å². The number of nitrogens with one attached hydrogen (secondary N) is 2. The molecular formula is C29H32Cl2N8. The van der Waals surface area contributed by atoms with E-state index in [1.165, 1.54) is 6.20 Å². The summed E-state index contributed by atoms with van der Waals surface area (Å²) in [4.78, 5) is 6.94. The van der Waals surface area contributed by atoms with Gasteiger partial charge in [0.25, 0.3) is 0 Å². The van der Waals surface area contributed by atoms with Gasteiger partial charge in [-0.15, -0.1) is 5.10 Å². The maximum Gasteiger partial charge on any atom is 0.109 e. The summed E-state index contributed by atoms with van der Waals surface area (Å²) in [5.41, 5.74) is 4.49. The molecule has 1 aliphatic heterocycles. The predicted molar refractivity (Wildman–Crippen MR) is 158 cm³/mol. The van der Waals surface area contributed by atoms with Crippen molar-refractivity contribution < 1.29 is 0 Å². The zero-order valence-electron chi connectivity index (χ0n) is 22.5. The summed E-state index contributed by atoms with van der Waals surface area (Å²) >= 11 is 12.9. The van der Waals surface area contributed by atoms with Crippen LogP contribution in [0.25, 0.3) is 10.9 Å². The molecule has 0 spiro atoms. The van der Waals surface area contributed by atoms with Crippen LogP contribution in [-0.2, 0) is 0 Å². The van der Waals surface area contributed by atoms with Crippen molar-refractivity contribution >= 4 is 45.5 Å². The molecule has 1 fully saturated rings. The predicted octanol–water partition coefficient (Wildman–Crippen LogP) is 6.68. The van der Waals surface area contributed by atoms with Crippen molar-refractivity contribution in [2.75, 3.05) is 30.8 Å². The largest absolute Gasteiger partial charge is 0.386 e. The molecule has 4 aromatic rings. The highest BCUT2D eigenvalue weighted by Crippen LogP contribution is 2.36. The van der Waals surface area contributed by atoms with Crippen molar-refractivity contribution in [3.05, 3.63) is 75.7 Å². The Morgan fingerprint density at radius 2 is 1.82 bits per heavy atom. The van der Waals surface area contributed by atoms with E-state index in [1.807, 2.05) is 47.3 Å². The molecule has 0 saturated carbocycles. The first kappa shape index (κ1) is 27.2. The third kappa shape index (κ3) is 5.67. The summed E-state index contributed by atoms with van der Waals surface area (Å²) < 4.78 is 2.01. The number of pyridine rings is 1. The zero-order valence-corrected chi connectivity index (χ0v) is 24.1. The van der Waals surface area contributed by atoms with Crippen molar-refractivity contribution in [3.8, 4) is 6.07 Å². The molecule has 202 valence electrons. The number of aromatic nitrogens is 4. The first-order valence-electron chi connectivity index (χ1n) is 13.1. The SMILES string of the molecule is CNc1c(C#N)cnc2c(Cl)cc(N[C@@H](c3ccc(Cl)cc3)c3cn(C4CCN(C(C)(C)C)CC4)nn3)cc12. The highest BCUT2D eigenvalue weighted by molar-refractivity contribution is 6.35. The number of hydrogen-bond acceptors (Lipinski definition) is 7. The molecule has 0 aliphatic carbocycles. The van der Waals surface area contributed by atoms with E-state index in [1.54, 1.807) is 7.05 Å². The van der Waals surface area contributed by atoms with Gasteiger partial charge in [0.15, 0.2) is 0 Å². The average molecular weight is 564 g/mol. The summed E-state index contributed by atoms with van der Waals surface area (Å²) in [7, 11) is 1.78. The number of likely N-dealkylation sites (tertiary alicyclic amines) is 1. The Labute approximate surface area is 238 Å². The molecule has 2 N–H and O–H groups in total. The maximum atomic E-state index is 9.57. The Morgan fingerprint density at radius 3 is 2.46 bits per heavy atom. The van der Waals surface area contributed by atoms with E-state index in [4.69, 9.17) is 23.2 Å². The fraction of sp³-hybridized carbons (Fsp3) is 0.379. The lowest BCUT2D eigenvalue weighted by Crippen LogP contribution is -2.46. The quantitative estimate of drug-likeness (QED) is 0.270. The van der Waals surface area contributed by atoms with Gasteiger partial charge in [-0.1, -0.05) is 40.5 Å². The topological polar surface area (TPSA) is 94.7 Å². The van der Waals surface area contributed by atoms with Gasteiger partial charge in [-0.05, 0) is 63.4 Å². The molecule has 5 rings (SSSR count). The summed E-state index contributed by atoms with van der Waals surface area (Å²) in [6.07, 6.45) is 5.63. The number of piperidine rings is 1. The molecule has 1 atom stereocenters. The first-order valence-corrected chi connectivity index (χ1v) is 13.8. The van der Waals surface area contributed by atoms with Gasteiger partial charge in [0.05, 0.1) is 40.1 Å². The van der Waals surface area contributed by atoms with Crippen LogP contribution in [0.1, 0.15) is 62.5 Å². The summed E-state index contributed by atoms with van der Waals surface area (Å²) in [6.45, 7) is 8.85. The lowest BCUT2D eigenvalue weighted by Gasteiger charge is -2.40. The fourth-order valence-electron chi connectivity index (χ4n) is 5.25. The van der Waals surface area contributed by atoms with Crippen molar-refractivity contribution in [2.24, 2.45) is 0 Å². The molecule has 1 saturated heterocycles. The number of nitriles is 1.